The molecule has 0 aromatic heterocycles. The predicted molar refractivity (Wildman–Crippen MR) is 91.6 cm³/mol. The number of hydrogen-bond donors (Lipinski definition) is 1. The number of likely N-dealkylation sites (tertiary alicyclic amines) is 1. The van der Waals surface area contributed by atoms with E-state index in [2.05, 4.69) is 35.0 Å². The standard InChI is InChI=1S/C18H29N3O/c1-20-13-14(12-19)10-18(20)16-11-15(22-2)6-7-17(16)21-8-4-3-5-9-21/h6-7,11,14,18H,3-5,8-10,12-13,19H2,1-2H3. The smallest absolute Gasteiger partial charge is 0.119 e. The topological polar surface area (TPSA) is 41.7 Å². The van der Waals surface area contributed by atoms with Crippen LogP contribution in [0.5, 0.6) is 5.75 Å². The summed E-state index contributed by atoms with van der Waals surface area (Å²) in [4.78, 5) is 5.02. The Morgan fingerprint density at radius 3 is 2.64 bits per heavy atom. The van der Waals surface area contributed by atoms with Gasteiger partial charge in [0.1, 0.15) is 5.75 Å². The summed E-state index contributed by atoms with van der Waals surface area (Å²) in [5, 5.41) is 0. The van der Waals surface area contributed by atoms with E-state index >= 15 is 0 Å². The molecule has 1 aromatic rings. The van der Waals surface area contributed by atoms with Crippen LogP contribution >= 0.6 is 0 Å². The second-order valence-electron chi connectivity index (χ2n) is 6.77. The summed E-state index contributed by atoms with van der Waals surface area (Å²) >= 11 is 0. The molecule has 2 fully saturated rings. The highest BCUT2D eigenvalue weighted by Gasteiger charge is 2.32. The van der Waals surface area contributed by atoms with Gasteiger partial charge in [0, 0.05) is 31.4 Å². The highest BCUT2D eigenvalue weighted by Crippen LogP contribution is 2.40. The van der Waals surface area contributed by atoms with Crippen LogP contribution in [0.1, 0.15) is 37.3 Å². The largest absolute Gasteiger partial charge is 0.497 e. The number of hydrogen-bond acceptors (Lipinski definition) is 4. The number of anilines is 1. The molecule has 122 valence electrons. The quantitative estimate of drug-likeness (QED) is 0.928. The molecule has 0 spiro atoms. The molecular weight excluding hydrogens is 274 g/mol. The minimum absolute atomic E-state index is 0.459. The molecule has 2 N–H and O–H groups in total. The zero-order valence-corrected chi connectivity index (χ0v) is 13.9. The van der Waals surface area contributed by atoms with Crippen LogP contribution in [-0.4, -0.2) is 45.2 Å². The van der Waals surface area contributed by atoms with Gasteiger partial charge in [-0.3, -0.25) is 4.90 Å². The van der Waals surface area contributed by atoms with Crippen molar-refractivity contribution in [2.45, 2.75) is 31.7 Å². The lowest BCUT2D eigenvalue weighted by molar-refractivity contribution is 0.312. The number of rotatable bonds is 4. The van der Waals surface area contributed by atoms with Crippen molar-refractivity contribution in [3.8, 4) is 5.75 Å². The number of ether oxygens (including phenoxy) is 1. The second-order valence-corrected chi connectivity index (χ2v) is 6.77. The molecule has 2 atom stereocenters. The first kappa shape index (κ1) is 15.6. The van der Waals surface area contributed by atoms with E-state index < -0.39 is 0 Å². The maximum Gasteiger partial charge on any atom is 0.119 e. The molecule has 4 heteroatoms. The molecule has 0 bridgehead atoms. The Kier molecular flexibility index (Phi) is 4.89. The highest BCUT2D eigenvalue weighted by atomic mass is 16.5. The SMILES string of the molecule is COc1ccc(N2CCCCC2)c(C2CC(CN)CN2C)c1. The minimum atomic E-state index is 0.459. The Morgan fingerprint density at radius 1 is 1.23 bits per heavy atom. The zero-order valence-electron chi connectivity index (χ0n) is 13.9. The zero-order chi connectivity index (χ0) is 15.5. The number of nitrogens with two attached hydrogens (primary N) is 1. The van der Waals surface area contributed by atoms with E-state index in [9.17, 15) is 0 Å². The second kappa shape index (κ2) is 6.88. The van der Waals surface area contributed by atoms with Gasteiger partial charge in [-0.25, -0.2) is 0 Å². The van der Waals surface area contributed by atoms with E-state index in [0.717, 1.165) is 25.3 Å². The van der Waals surface area contributed by atoms with Crippen molar-refractivity contribution in [1.82, 2.24) is 4.90 Å². The molecule has 2 aliphatic heterocycles. The van der Waals surface area contributed by atoms with Gasteiger partial charge >= 0.3 is 0 Å². The third kappa shape index (κ3) is 3.08. The fraction of sp³-hybridized carbons (Fsp3) is 0.667. The molecule has 1 aromatic carbocycles. The van der Waals surface area contributed by atoms with Crippen molar-refractivity contribution in [3.63, 3.8) is 0 Å². The van der Waals surface area contributed by atoms with Gasteiger partial charge in [0.25, 0.3) is 0 Å². The van der Waals surface area contributed by atoms with Crippen molar-refractivity contribution in [2.75, 3.05) is 45.2 Å². The molecule has 2 heterocycles. The summed E-state index contributed by atoms with van der Waals surface area (Å²) in [6, 6.07) is 7.05. The lowest BCUT2D eigenvalue weighted by atomic mass is 9.96. The third-order valence-electron chi connectivity index (χ3n) is 5.26. The first-order chi connectivity index (χ1) is 10.7. The summed E-state index contributed by atoms with van der Waals surface area (Å²) in [7, 11) is 3.97. The summed E-state index contributed by atoms with van der Waals surface area (Å²) in [6.07, 6.45) is 5.12. The van der Waals surface area contributed by atoms with Gasteiger partial charge < -0.3 is 15.4 Å². The van der Waals surface area contributed by atoms with Crippen LogP contribution in [0.3, 0.4) is 0 Å². The maximum atomic E-state index is 5.91. The van der Waals surface area contributed by atoms with Crippen LogP contribution in [0.2, 0.25) is 0 Å². The number of benzene rings is 1. The molecule has 0 aliphatic carbocycles. The van der Waals surface area contributed by atoms with Gasteiger partial charge in [-0.2, -0.15) is 0 Å². The molecule has 2 unspecified atom stereocenters. The summed E-state index contributed by atoms with van der Waals surface area (Å²) < 4.78 is 5.48. The Balaban J connectivity index is 1.92. The van der Waals surface area contributed by atoms with E-state index in [1.165, 1.54) is 43.6 Å². The van der Waals surface area contributed by atoms with E-state index in [1.54, 1.807) is 7.11 Å². The van der Waals surface area contributed by atoms with Gasteiger partial charge in [0.2, 0.25) is 0 Å². The van der Waals surface area contributed by atoms with Crippen LogP contribution in [0.25, 0.3) is 0 Å². The molecule has 2 saturated heterocycles. The van der Waals surface area contributed by atoms with Gasteiger partial charge in [-0.1, -0.05) is 0 Å². The molecule has 3 rings (SSSR count). The highest BCUT2D eigenvalue weighted by molar-refractivity contribution is 5.58. The summed E-state index contributed by atoms with van der Waals surface area (Å²) in [5.41, 5.74) is 8.73. The molecule has 0 saturated carbocycles. The first-order valence-corrected chi connectivity index (χ1v) is 8.56. The van der Waals surface area contributed by atoms with Gasteiger partial charge in [0.05, 0.1) is 7.11 Å². The molecule has 0 amide bonds. The van der Waals surface area contributed by atoms with Crippen LogP contribution < -0.4 is 15.4 Å². The molecule has 2 aliphatic rings. The first-order valence-electron chi connectivity index (χ1n) is 8.56. The van der Waals surface area contributed by atoms with Crippen LogP contribution in [-0.2, 0) is 0 Å². The van der Waals surface area contributed by atoms with Crippen molar-refractivity contribution in [1.29, 1.82) is 0 Å². The minimum Gasteiger partial charge on any atom is -0.497 e. The molecule has 4 nitrogen and oxygen atoms in total. The van der Waals surface area contributed by atoms with E-state index in [0.29, 0.717) is 12.0 Å². The average Bonchev–Trinajstić information content (AvgIpc) is 2.96. The Labute approximate surface area is 134 Å². The van der Waals surface area contributed by atoms with Crippen molar-refractivity contribution in [2.24, 2.45) is 11.7 Å². The fourth-order valence-corrected chi connectivity index (χ4v) is 3.99. The average molecular weight is 303 g/mol. The Hall–Kier alpha value is -1.26. The lowest BCUT2D eigenvalue weighted by Gasteiger charge is -2.33. The summed E-state index contributed by atoms with van der Waals surface area (Å²) in [5.74, 6) is 1.57. The Morgan fingerprint density at radius 2 is 2.00 bits per heavy atom. The molecular formula is C18H29N3O. The maximum absolute atomic E-state index is 5.91. The number of piperidine rings is 1. The Bertz CT molecular complexity index is 499. The number of methoxy groups -OCH3 is 1. The molecule has 0 radical (unpaired) electrons. The van der Waals surface area contributed by atoms with E-state index in [1.807, 2.05) is 0 Å². The van der Waals surface area contributed by atoms with Crippen LogP contribution in [0, 0.1) is 5.92 Å². The van der Waals surface area contributed by atoms with E-state index in [-0.39, 0.29) is 0 Å². The van der Waals surface area contributed by atoms with Gasteiger partial charge in [-0.05, 0) is 69.0 Å². The van der Waals surface area contributed by atoms with Gasteiger partial charge in [-0.15, -0.1) is 0 Å². The van der Waals surface area contributed by atoms with Gasteiger partial charge in [0.15, 0.2) is 0 Å². The predicted octanol–water partition coefficient (Wildman–Crippen LogP) is 2.64. The van der Waals surface area contributed by atoms with Crippen molar-refractivity contribution < 1.29 is 4.74 Å². The molecule has 22 heavy (non-hydrogen) atoms. The van der Waals surface area contributed by atoms with Crippen LogP contribution in [0.15, 0.2) is 18.2 Å². The van der Waals surface area contributed by atoms with Crippen LogP contribution in [0.4, 0.5) is 5.69 Å². The third-order valence-corrected chi connectivity index (χ3v) is 5.26. The summed E-state index contributed by atoms with van der Waals surface area (Å²) in [6.45, 7) is 4.23. The monoisotopic (exact) mass is 303 g/mol. The lowest BCUT2D eigenvalue weighted by Crippen LogP contribution is -2.31. The number of nitrogens with zero attached hydrogens (tertiary/aromatic N) is 2. The normalized spacial score (nSPS) is 26.4. The van der Waals surface area contributed by atoms with Crippen molar-refractivity contribution in [3.05, 3.63) is 23.8 Å². The van der Waals surface area contributed by atoms with E-state index in [4.69, 9.17) is 10.5 Å². The fourth-order valence-electron chi connectivity index (χ4n) is 3.99. The van der Waals surface area contributed by atoms with Crippen molar-refractivity contribution >= 4 is 5.69 Å².